The smallest absolute Gasteiger partial charge is 0.337 e. The molecule has 11 heteroatoms. The van der Waals surface area contributed by atoms with Gasteiger partial charge in [0.05, 0.1) is 12.7 Å². The molecule has 1 aliphatic rings. The standard InChI is InChI=1S/C32H35N7O4/c1-43-32(42)26-12-10-23(11-13-26)22-6-2-20(3-7-22)18-28(35-30(40)25-8-4-21(19-33)5-9-25)31(41)34-27-16-14-24(15-17-27)29-36-38-39-37-29/h2-3,6-7,10-17,21,25,28H,4-5,8-9,18-19,33H2,1H3,(H,34,41)(H,35,40)(H,36,37,38,39)/t21?,25?,28-/m0/s1. The van der Waals surface area contributed by atoms with Gasteiger partial charge in [0.2, 0.25) is 17.6 Å². The number of rotatable bonds is 10. The summed E-state index contributed by atoms with van der Waals surface area (Å²) in [6, 6.07) is 21.3. The molecule has 1 saturated carbocycles. The fourth-order valence-corrected chi connectivity index (χ4v) is 5.36. The number of anilines is 1. The normalized spacial score (nSPS) is 17.1. The van der Waals surface area contributed by atoms with Crippen molar-refractivity contribution in [3.8, 4) is 22.5 Å². The van der Waals surface area contributed by atoms with Crippen LogP contribution in [0, 0.1) is 11.8 Å². The highest BCUT2D eigenvalue weighted by atomic mass is 16.5. The van der Waals surface area contributed by atoms with Gasteiger partial charge in [-0.25, -0.2) is 4.79 Å². The lowest BCUT2D eigenvalue weighted by molar-refractivity contribution is -0.130. The van der Waals surface area contributed by atoms with Gasteiger partial charge in [-0.3, -0.25) is 9.59 Å². The predicted molar refractivity (Wildman–Crippen MR) is 162 cm³/mol. The molecular formula is C32H35N7O4. The molecule has 0 saturated heterocycles. The van der Waals surface area contributed by atoms with Crippen molar-refractivity contribution in [3.05, 3.63) is 83.9 Å². The molecule has 3 aromatic carbocycles. The first kappa shape index (κ1) is 29.6. The van der Waals surface area contributed by atoms with Gasteiger partial charge in [0.25, 0.3) is 0 Å². The summed E-state index contributed by atoms with van der Waals surface area (Å²) in [6.07, 6.45) is 3.69. The van der Waals surface area contributed by atoms with E-state index in [1.807, 2.05) is 36.4 Å². The van der Waals surface area contributed by atoms with E-state index in [2.05, 4.69) is 31.3 Å². The molecule has 0 radical (unpaired) electrons. The van der Waals surface area contributed by atoms with Crippen molar-refractivity contribution in [3.63, 3.8) is 0 Å². The summed E-state index contributed by atoms with van der Waals surface area (Å²) in [5, 5.41) is 19.9. The highest BCUT2D eigenvalue weighted by molar-refractivity contribution is 5.98. The largest absolute Gasteiger partial charge is 0.465 e. The number of aromatic nitrogens is 4. The van der Waals surface area contributed by atoms with Crippen LogP contribution in [0.25, 0.3) is 22.5 Å². The number of H-pyrrole nitrogens is 1. The van der Waals surface area contributed by atoms with E-state index in [4.69, 9.17) is 10.5 Å². The molecule has 0 spiro atoms. The zero-order chi connectivity index (χ0) is 30.2. The lowest BCUT2D eigenvalue weighted by atomic mass is 9.81. The van der Waals surface area contributed by atoms with Crippen molar-refractivity contribution in [2.45, 2.75) is 38.1 Å². The number of hydrogen-bond acceptors (Lipinski definition) is 8. The second-order valence-electron chi connectivity index (χ2n) is 10.8. The third-order valence-corrected chi connectivity index (χ3v) is 7.97. The number of ether oxygens (including phenoxy) is 1. The Morgan fingerprint density at radius 2 is 1.53 bits per heavy atom. The molecule has 5 rings (SSSR count). The summed E-state index contributed by atoms with van der Waals surface area (Å²) in [5.74, 6) is -0.0283. The summed E-state index contributed by atoms with van der Waals surface area (Å²) in [6.45, 7) is 0.635. The highest BCUT2D eigenvalue weighted by Gasteiger charge is 2.29. The quantitative estimate of drug-likeness (QED) is 0.206. The van der Waals surface area contributed by atoms with Gasteiger partial charge >= 0.3 is 5.97 Å². The van der Waals surface area contributed by atoms with E-state index in [0.29, 0.717) is 36.0 Å². The van der Waals surface area contributed by atoms with Crippen LogP contribution in [0.1, 0.15) is 41.6 Å². The number of nitrogens with zero attached hydrogens (tertiary/aromatic N) is 3. The summed E-state index contributed by atoms with van der Waals surface area (Å²) < 4.78 is 4.77. The molecule has 1 aromatic heterocycles. The molecule has 1 atom stereocenters. The monoisotopic (exact) mass is 581 g/mol. The molecule has 0 aliphatic heterocycles. The lowest BCUT2D eigenvalue weighted by Crippen LogP contribution is -2.48. The van der Waals surface area contributed by atoms with Gasteiger partial charge in [0.1, 0.15) is 6.04 Å². The molecule has 1 heterocycles. The van der Waals surface area contributed by atoms with Crippen LogP contribution >= 0.6 is 0 Å². The number of hydrogen-bond donors (Lipinski definition) is 4. The molecule has 1 fully saturated rings. The van der Waals surface area contributed by atoms with Crippen LogP contribution in [0.15, 0.2) is 72.8 Å². The van der Waals surface area contributed by atoms with Crippen LogP contribution in [0.3, 0.4) is 0 Å². The van der Waals surface area contributed by atoms with Crippen molar-refractivity contribution in [1.29, 1.82) is 0 Å². The van der Waals surface area contributed by atoms with E-state index in [0.717, 1.165) is 47.9 Å². The number of benzene rings is 3. The topological polar surface area (TPSA) is 165 Å². The lowest BCUT2D eigenvalue weighted by Gasteiger charge is -2.28. The number of esters is 1. The summed E-state index contributed by atoms with van der Waals surface area (Å²) in [7, 11) is 1.35. The maximum Gasteiger partial charge on any atom is 0.337 e. The van der Waals surface area contributed by atoms with E-state index < -0.39 is 6.04 Å². The zero-order valence-electron chi connectivity index (χ0n) is 24.0. The van der Waals surface area contributed by atoms with Crippen LogP contribution in [0.5, 0.6) is 0 Å². The number of aromatic amines is 1. The van der Waals surface area contributed by atoms with Crippen LogP contribution < -0.4 is 16.4 Å². The number of carbonyl (C=O) groups excluding carboxylic acids is 3. The van der Waals surface area contributed by atoms with Gasteiger partial charge in [-0.15, -0.1) is 10.2 Å². The van der Waals surface area contributed by atoms with Gasteiger partial charge in [0, 0.05) is 23.6 Å². The minimum Gasteiger partial charge on any atom is -0.465 e. The Balaban J connectivity index is 1.29. The SMILES string of the molecule is COC(=O)c1ccc(-c2ccc(C[C@H](NC(=O)C3CCC(CN)CC3)C(=O)Nc3ccc(-c4nn[nH]n4)cc3)cc2)cc1. The minimum absolute atomic E-state index is 0.106. The second-order valence-corrected chi connectivity index (χ2v) is 10.8. The molecule has 43 heavy (non-hydrogen) atoms. The number of methoxy groups -OCH3 is 1. The molecule has 4 aromatic rings. The van der Waals surface area contributed by atoms with Crippen LogP contribution in [0.2, 0.25) is 0 Å². The van der Waals surface area contributed by atoms with E-state index in [9.17, 15) is 14.4 Å². The van der Waals surface area contributed by atoms with Crippen molar-refractivity contribution in [2.24, 2.45) is 17.6 Å². The predicted octanol–water partition coefficient (Wildman–Crippen LogP) is 3.75. The van der Waals surface area contributed by atoms with Crippen molar-refractivity contribution in [1.82, 2.24) is 25.9 Å². The maximum atomic E-state index is 13.5. The maximum absolute atomic E-state index is 13.5. The Bertz CT molecular complexity index is 1510. The molecule has 0 unspecified atom stereocenters. The van der Waals surface area contributed by atoms with Crippen LogP contribution in [-0.4, -0.2) is 58.1 Å². The minimum atomic E-state index is -0.776. The van der Waals surface area contributed by atoms with Gasteiger partial charge in [0.15, 0.2) is 0 Å². The van der Waals surface area contributed by atoms with Crippen molar-refractivity contribution < 1.29 is 19.1 Å². The number of nitrogens with two attached hydrogens (primary N) is 1. The van der Waals surface area contributed by atoms with Gasteiger partial charge < -0.3 is 21.1 Å². The molecule has 5 N–H and O–H groups in total. The molecule has 2 amide bonds. The Hall–Kier alpha value is -4.90. The Kier molecular flexibility index (Phi) is 9.52. The number of nitrogens with one attached hydrogen (secondary N) is 3. The Morgan fingerprint density at radius 1 is 0.907 bits per heavy atom. The molecule has 0 bridgehead atoms. The van der Waals surface area contributed by atoms with E-state index in [1.54, 1.807) is 36.4 Å². The second kappa shape index (κ2) is 13.8. The summed E-state index contributed by atoms with van der Waals surface area (Å²) in [4.78, 5) is 38.6. The fraction of sp³-hybridized carbons (Fsp3) is 0.312. The molecular weight excluding hydrogens is 546 g/mol. The first-order chi connectivity index (χ1) is 20.9. The van der Waals surface area contributed by atoms with E-state index in [1.165, 1.54) is 7.11 Å². The highest BCUT2D eigenvalue weighted by Crippen LogP contribution is 2.28. The first-order valence-electron chi connectivity index (χ1n) is 14.4. The Labute approximate surface area is 249 Å². The van der Waals surface area contributed by atoms with Gasteiger partial charge in [-0.05, 0) is 96.4 Å². The summed E-state index contributed by atoms with van der Waals surface area (Å²) in [5.41, 5.74) is 10.5. The van der Waals surface area contributed by atoms with Crippen molar-refractivity contribution >= 4 is 23.5 Å². The average molecular weight is 582 g/mol. The third-order valence-electron chi connectivity index (χ3n) is 7.97. The fourth-order valence-electron chi connectivity index (χ4n) is 5.36. The van der Waals surface area contributed by atoms with Gasteiger partial charge in [-0.1, -0.05) is 36.4 Å². The average Bonchev–Trinajstić information content (AvgIpc) is 3.60. The molecule has 11 nitrogen and oxygen atoms in total. The van der Waals surface area contributed by atoms with Crippen molar-refractivity contribution in [2.75, 3.05) is 19.0 Å². The van der Waals surface area contributed by atoms with E-state index in [-0.39, 0.29) is 23.7 Å². The Morgan fingerprint density at radius 3 is 2.12 bits per heavy atom. The summed E-state index contributed by atoms with van der Waals surface area (Å²) >= 11 is 0. The zero-order valence-corrected chi connectivity index (χ0v) is 24.0. The third kappa shape index (κ3) is 7.49. The first-order valence-corrected chi connectivity index (χ1v) is 14.4. The van der Waals surface area contributed by atoms with Crippen LogP contribution in [-0.2, 0) is 20.7 Å². The number of amides is 2. The molecule has 1 aliphatic carbocycles. The number of tetrazole rings is 1. The number of carbonyl (C=O) groups is 3. The van der Waals surface area contributed by atoms with E-state index >= 15 is 0 Å². The molecule has 222 valence electrons. The van der Waals surface area contributed by atoms with Crippen LogP contribution in [0.4, 0.5) is 5.69 Å². The van der Waals surface area contributed by atoms with Gasteiger partial charge in [-0.2, -0.15) is 5.21 Å².